The summed E-state index contributed by atoms with van der Waals surface area (Å²) in [5.41, 5.74) is 1.39. The molecule has 0 fully saturated rings. The number of aryl methyl sites for hydroxylation is 1. The normalized spacial score (nSPS) is 11.2. The Hall–Kier alpha value is -3.48. The fourth-order valence-electron chi connectivity index (χ4n) is 3.03. The highest BCUT2D eigenvalue weighted by molar-refractivity contribution is 7.81. The third kappa shape index (κ3) is 6.51. The van der Waals surface area contributed by atoms with E-state index < -0.39 is 16.0 Å². The van der Waals surface area contributed by atoms with Gasteiger partial charge in [0.15, 0.2) is 0 Å². The first-order valence-corrected chi connectivity index (χ1v) is 11.1. The first-order chi connectivity index (χ1) is 15.2. The molecule has 32 heavy (non-hydrogen) atoms. The van der Waals surface area contributed by atoms with Gasteiger partial charge < -0.3 is 18.1 Å². The molecule has 0 amide bonds. The monoisotopic (exact) mass is 458 g/mol. The molecular formula is C23H22O8S. The molecule has 1 aromatic heterocycles. The summed E-state index contributed by atoms with van der Waals surface area (Å²) >= 11 is 0. The van der Waals surface area contributed by atoms with Crippen LogP contribution in [0.15, 0.2) is 51.7 Å². The molecule has 8 nitrogen and oxygen atoms in total. The predicted octanol–water partition coefficient (Wildman–Crippen LogP) is 4.04. The lowest BCUT2D eigenvalue weighted by atomic mass is 10.1. The fourth-order valence-corrected chi connectivity index (χ4v) is 3.38. The molecule has 0 unspecified atom stereocenters. The Balaban J connectivity index is 1.78. The molecule has 0 spiro atoms. The lowest BCUT2D eigenvalue weighted by molar-refractivity contribution is 0.275. The van der Waals surface area contributed by atoms with Crippen LogP contribution in [0.5, 0.6) is 17.2 Å². The summed E-state index contributed by atoms with van der Waals surface area (Å²) in [5, 5.41) is 0.805. The van der Waals surface area contributed by atoms with Crippen molar-refractivity contribution >= 4 is 21.4 Å². The van der Waals surface area contributed by atoms with Gasteiger partial charge in [-0.05, 0) is 49.6 Å². The van der Waals surface area contributed by atoms with Gasteiger partial charge in [0.05, 0.1) is 6.61 Å². The summed E-state index contributed by atoms with van der Waals surface area (Å²) in [6.07, 6.45) is 7.36. The fraction of sp³-hybridized carbons (Fsp3) is 0.261. The molecule has 9 heteroatoms. The molecule has 0 aliphatic rings. The third-order valence-electron chi connectivity index (χ3n) is 4.53. The summed E-state index contributed by atoms with van der Waals surface area (Å²) in [6.45, 7) is 2.26. The van der Waals surface area contributed by atoms with Gasteiger partial charge in [-0.3, -0.25) is 4.55 Å². The summed E-state index contributed by atoms with van der Waals surface area (Å²) < 4.78 is 52.3. The minimum Gasteiger partial charge on any atom is -0.493 e. The second kappa shape index (κ2) is 10.2. The van der Waals surface area contributed by atoms with Gasteiger partial charge in [0.25, 0.3) is 0 Å². The Morgan fingerprint density at radius 1 is 1.06 bits per heavy atom. The van der Waals surface area contributed by atoms with Crippen molar-refractivity contribution in [2.24, 2.45) is 0 Å². The third-order valence-corrected chi connectivity index (χ3v) is 4.93. The minimum atomic E-state index is -4.67. The summed E-state index contributed by atoms with van der Waals surface area (Å²) in [5.74, 6) is 3.27. The average molecular weight is 458 g/mol. The van der Waals surface area contributed by atoms with Crippen LogP contribution in [0.2, 0.25) is 0 Å². The number of hydrogen-bond acceptors (Lipinski definition) is 7. The molecular weight excluding hydrogens is 436 g/mol. The SMILES string of the molecule is C#CCCCCOc1cc(OS(=O)(=O)O)ccc1COc1ccc2c(C)cc(=O)oc2c1. The molecule has 1 N–H and O–H groups in total. The molecule has 0 saturated carbocycles. The number of ether oxygens (including phenoxy) is 2. The molecule has 1 heterocycles. The molecule has 0 radical (unpaired) electrons. The van der Waals surface area contributed by atoms with Crippen LogP contribution in [0.4, 0.5) is 0 Å². The highest BCUT2D eigenvalue weighted by Gasteiger charge is 2.13. The van der Waals surface area contributed by atoms with Crippen molar-refractivity contribution in [3.8, 4) is 29.6 Å². The molecule has 3 aromatic rings. The number of hydrogen-bond donors (Lipinski definition) is 1. The second-order valence-electron chi connectivity index (χ2n) is 6.99. The van der Waals surface area contributed by atoms with Crippen LogP contribution >= 0.6 is 0 Å². The first-order valence-electron chi connectivity index (χ1n) is 9.78. The van der Waals surface area contributed by atoms with Gasteiger partial charge in [-0.15, -0.1) is 12.3 Å². The van der Waals surface area contributed by atoms with Crippen LogP contribution in [0.3, 0.4) is 0 Å². The summed E-state index contributed by atoms with van der Waals surface area (Å²) in [6, 6.07) is 10.9. The van der Waals surface area contributed by atoms with Crippen molar-refractivity contribution in [3.63, 3.8) is 0 Å². The average Bonchev–Trinajstić information content (AvgIpc) is 2.71. The minimum absolute atomic E-state index is 0.0907. The van der Waals surface area contributed by atoms with E-state index in [-0.39, 0.29) is 12.4 Å². The van der Waals surface area contributed by atoms with Crippen LogP contribution < -0.4 is 19.3 Å². The Bertz CT molecular complexity index is 1300. The lowest BCUT2D eigenvalue weighted by Crippen LogP contribution is -2.08. The molecule has 2 aromatic carbocycles. The standard InChI is InChI=1S/C23H22O8S/c1-3-4-5-6-11-28-21-14-19(31-32(25,26)27)8-7-17(21)15-29-18-9-10-20-16(2)12-23(24)30-22(20)13-18/h1,7-10,12-14H,4-6,11,15H2,2H3,(H,25,26,27). The zero-order valence-corrected chi connectivity index (χ0v) is 18.2. The maximum absolute atomic E-state index is 11.6. The second-order valence-corrected chi connectivity index (χ2v) is 8.01. The zero-order chi connectivity index (χ0) is 23.1. The van der Waals surface area contributed by atoms with E-state index in [4.69, 9.17) is 24.9 Å². The van der Waals surface area contributed by atoms with Crippen LogP contribution in [0.1, 0.15) is 30.4 Å². The maximum Gasteiger partial charge on any atom is 0.446 e. The lowest BCUT2D eigenvalue weighted by Gasteiger charge is -2.14. The number of rotatable bonds is 10. The van der Waals surface area contributed by atoms with E-state index in [9.17, 15) is 13.2 Å². The van der Waals surface area contributed by atoms with Gasteiger partial charge in [0.1, 0.15) is 29.4 Å². The zero-order valence-electron chi connectivity index (χ0n) is 17.4. The first kappa shape index (κ1) is 23.2. The highest BCUT2D eigenvalue weighted by Crippen LogP contribution is 2.28. The highest BCUT2D eigenvalue weighted by atomic mass is 32.3. The molecule has 0 atom stereocenters. The van der Waals surface area contributed by atoms with Crippen molar-refractivity contribution in [2.45, 2.75) is 32.8 Å². The van der Waals surface area contributed by atoms with Gasteiger partial charge in [-0.1, -0.05) is 0 Å². The van der Waals surface area contributed by atoms with Crippen LogP contribution in [-0.2, 0) is 17.0 Å². The van der Waals surface area contributed by atoms with E-state index in [1.165, 1.54) is 18.2 Å². The van der Waals surface area contributed by atoms with Crippen LogP contribution in [0.25, 0.3) is 11.0 Å². The van der Waals surface area contributed by atoms with Crippen molar-refractivity contribution in [3.05, 3.63) is 64.0 Å². The predicted molar refractivity (Wildman–Crippen MR) is 118 cm³/mol. The van der Waals surface area contributed by atoms with Gasteiger partial charge >= 0.3 is 16.0 Å². The smallest absolute Gasteiger partial charge is 0.446 e. The number of benzene rings is 2. The Morgan fingerprint density at radius 3 is 2.59 bits per heavy atom. The topological polar surface area (TPSA) is 112 Å². The number of fused-ring (bicyclic) bond motifs is 1. The van der Waals surface area contributed by atoms with E-state index >= 15 is 0 Å². The van der Waals surface area contributed by atoms with Gasteiger partial charge in [0.2, 0.25) is 0 Å². The van der Waals surface area contributed by atoms with Crippen molar-refractivity contribution in [2.75, 3.05) is 6.61 Å². The van der Waals surface area contributed by atoms with Crippen LogP contribution in [-0.4, -0.2) is 19.6 Å². The van der Waals surface area contributed by atoms with E-state index in [2.05, 4.69) is 10.1 Å². The molecule has 168 valence electrons. The number of terminal acetylenes is 1. The quantitative estimate of drug-likeness (QED) is 0.210. The molecule has 0 saturated heterocycles. The Kier molecular flexibility index (Phi) is 7.41. The molecule has 3 rings (SSSR count). The van der Waals surface area contributed by atoms with Crippen molar-refractivity contribution < 1.29 is 31.0 Å². The maximum atomic E-state index is 11.6. The van der Waals surface area contributed by atoms with Gasteiger partial charge in [-0.25, -0.2) is 4.79 Å². The molecule has 0 aliphatic heterocycles. The van der Waals surface area contributed by atoms with Gasteiger partial charge in [-0.2, -0.15) is 8.42 Å². The Labute approximate surface area is 185 Å². The Morgan fingerprint density at radius 2 is 1.84 bits per heavy atom. The molecule has 0 aliphatic carbocycles. The van der Waals surface area contributed by atoms with Crippen molar-refractivity contribution in [1.29, 1.82) is 0 Å². The van der Waals surface area contributed by atoms with E-state index in [1.54, 1.807) is 24.3 Å². The van der Waals surface area contributed by atoms with Crippen LogP contribution in [0, 0.1) is 19.3 Å². The summed E-state index contributed by atoms with van der Waals surface area (Å²) in [7, 11) is -4.67. The molecule has 0 bridgehead atoms. The largest absolute Gasteiger partial charge is 0.493 e. The summed E-state index contributed by atoms with van der Waals surface area (Å²) in [4.78, 5) is 11.6. The van der Waals surface area contributed by atoms with E-state index in [0.717, 1.165) is 17.4 Å². The van der Waals surface area contributed by atoms with Crippen molar-refractivity contribution in [1.82, 2.24) is 0 Å². The van der Waals surface area contributed by atoms with E-state index in [0.29, 0.717) is 42.1 Å². The number of unbranched alkanes of at least 4 members (excludes halogenated alkanes) is 2. The van der Waals surface area contributed by atoms with Gasteiger partial charge in [0, 0.05) is 35.6 Å². The van der Waals surface area contributed by atoms with E-state index in [1.807, 2.05) is 6.92 Å².